The van der Waals surface area contributed by atoms with E-state index >= 15 is 0 Å². The van der Waals surface area contributed by atoms with Crippen molar-refractivity contribution in [3.8, 4) is 11.5 Å². The summed E-state index contributed by atoms with van der Waals surface area (Å²) >= 11 is 0. The van der Waals surface area contributed by atoms with Crippen LogP contribution in [0.2, 0.25) is 0 Å². The van der Waals surface area contributed by atoms with Crippen LogP contribution in [-0.2, 0) is 6.42 Å². The van der Waals surface area contributed by atoms with E-state index in [1.807, 2.05) is 12.1 Å². The third kappa shape index (κ3) is 3.61. The zero-order valence-electron chi connectivity index (χ0n) is 11.8. The summed E-state index contributed by atoms with van der Waals surface area (Å²) in [4.78, 5) is 0. The predicted molar refractivity (Wildman–Crippen MR) is 76.9 cm³/mol. The molecule has 0 amide bonds. The SMILES string of the molecule is COc1ccc(CCNC2CCCC2N)c(OC)c1. The summed E-state index contributed by atoms with van der Waals surface area (Å²) in [7, 11) is 3.36. The van der Waals surface area contributed by atoms with E-state index in [9.17, 15) is 0 Å². The molecule has 0 saturated heterocycles. The van der Waals surface area contributed by atoms with Crippen molar-refractivity contribution in [2.75, 3.05) is 20.8 Å². The van der Waals surface area contributed by atoms with Crippen LogP contribution >= 0.6 is 0 Å². The van der Waals surface area contributed by atoms with Crippen molar-refractivity contribution in [2.45, 2.75) is 37.8 Å². The molecule has 3 N–H and O–H groups in total. The van der Waals surface area contributed by atoms with Crippen molar-refractivity contribution in [1.82, 2.24) is 5.32 Å². The molecule has 4 nitrogen and oxygen atoms in total. The second-order valence-corrected chi connectivity index (χ2v) is 5.08. The van der Waals surface area contributed by atoms with Crippen molar-refractivity contribution in [3.63, 3.8) is 0 Å². The van der Waals surface area contributed by atoms with Gasteiger partial charge in [0, 0.05) is 18.2 Å². The Balaban J connectivity index is 1.88. The van der Waals surface area contributed by atoms with Gasteiger partial charge in [0.1, 0.15) is 11.5 Å². The standard InChI is InChI=1S/C15H24N2O2/c1-18-12-7-6-11(15(10-12)19-2)8-9-17-14-5-3-4-13(14)16/h6-7,10,13-14,17H,3-5,8-9,16H2,1-2H3. The molecule has 2 atom stereocenters. The largest absolute Gasteiger partial charge is 0.497 e. The molecule has 106 valence electrons. The first-order chi connectivity index (χ1) is 9.24. The molecule has 4 heteroatoms. The molecule has 0 radical (unpaired) electrons. The topological polar surface area (TPSA) is 56.5 Å². The molecule has 0 aliphatic heterocycles. The predicted octanol–water partition coefficient (Wildman–Crippen LogP) is 1.72. The van der Waals surface area contributed by atoms with Gasteiger partial charge in [0.05, 0.1) is 14.2 Å². The summed E-state index contributed by atoms with van der Waals surface area (Å²) in [5, 5.41) is 3.55. The fraction of sp³-hybridized carbons (Fsp3) is 0.600. The molecule has 0 bridgehead atoms. The Kier molecular flexibility index (Phi) is 5.05. The van der Waals surface area contributed by atoms with Gasteiger partial charge in [0.25, 0.3) is 0 Å². The van der Waals surface area contributed by atoms with Gasteiger partial charge in [-0.1, -0.05) is 12.5 Å². The Labute approximate surface area is 115 Å². The van der Waals surface area contributed by atoms with Gasteiger partial charge in [-0.15, -0.1) is 0 Å². The average molecular weight is 264 g/mol. The minimum atomic E-state index is 0.317. The van der Waals surface area contributed by atoms with E-state index in [2.05, 4.69) is 11.4 Å². The first kappa shape index (κ1) is 14.2. The van der Waals surface area contributed by atoms with Crippen LogP contribution in [0.5, 0.6) is 11.5 Å². The molecule has 0 heterocycles. The van der Waals surface area contributed by atoms with E-state index < -0.39 is 0 Å². The van der Waals surface area contributed by atoms with Gasteiger partial charge in [-0.05, 0) is 37.4 Å². The molecule has 1 aromatic carbocycles. The zero-order chi connectivity index (χ0) is 13.7. The van der Waals surface area contributed by atoms with E-state index in [-0.39, 0.29) is 0 Å². The maximum atomic E-state index is 6.05. The molecule has 1 aromatic rings. The monoisotopic (exact) mass is 264 g/mol. The van der Waals surface area contributed by atoms with Gasteiger partial charge in [-0.25, -0.2) is 0 Å². The molecule has 0 spiro atoms. The molecule has 2 unspecified atom stereocenters. The second-order valence-electron chi connectivity index (χ2n) is 5.08. The Bertz CT molecular complexity index is 409. The van der Waals surface area contributed by atoms with Crippen molar-refractivity contribution < 1.29 is 9.47 Å². The number of rotatable bonds is 6. The second kappa shape index (κ2) is 6.78. The quantitative estimate of drug-likeness (QED) is 0.821. The minimum Gasteiger partial charge on any atom is -0.497 e. The Morgan fingerprint density at radius 1 is 1.26 bits per heavy atom. The van der Waals surface area contributed by atoms with Gasteiger partial charge in [-0.3, -0.25) is 0 Å². The number of nitrogens with one attached hydrogen (secondary N) is 1. The normalized spacial score (nSPS) is 22.5. The maximum Gasteiger partial charge on any atom is 0.125 e. The lowest BCUT2D eigenvalue weighted by atomic mass is 10.1. The molecule has 19 heavy (non-hydrogen) atoms. The first-order valence-corrected chi connectivity index (χ1v) is 6.94. The van der Waals surface area contributed by atoms with Gasteiger partial charge in [0.2, 0.25) is 0 Å². The van der Waals surface area contributed by atoms with Gasteiger partial charge < -0.3 is 20.5 Å². The molecule has 1 saturated carbocycles. The highest BCUT2D eigenvalue weighted by Crippen LogP contribution is 2.25. The van der Waals surface area contributed by atoms with E-state index in [1.165, 1.54) is 18.4 Å². The fourth-order valence-corrected chi connectivity index (χ4v) is 2.69. The minimum absolute atomic E-state index is 0.317. The van der Waals surface area contributed by atoms with Crippen LogP contribution in [0.1, 0.15) is 24.8 Å². The smallest absolute Gasteiger partial charge is 0.125 e. The third-order valence-electron chi connectivity index (χ3n) is 3.86. The molecular formula is C15H24N2O2. The highest BCUT2D eigenvalue weighted by molar-refractivity contribution is 5.40. The summed E-state index contributed by atoms with van der Waals surface area (Å²) in [6.45, 7) is 0.932. The molecule has 1 aliphatic rings. The number of methoxy groups -OCH3 is 2. The average Bonchev–Trinajstić information content (AvgIpc) is 2.84. The van der Waals surface area contributed by atoms with Crippen molar-refractivity contribution in [2.24, 2.45) is 5.73 Å². The van der Waals surface area contributed by atoms with Gasteiger partial charge in [-0.2, -0.15) is 0 Å². The van der Waals surface area contributed by atoms with Crippen LogP contribution in [0.4, 0.5) is 0 Å². The maximum absolute atomic E-state index is 6.05. The molecule has 0 aromatic heterocycles. The number of hydrogen-bond donors (Lipinski definition) is 2. The lowest BCUT2D eigenvalue weighted by molar-refractivity contribution is 0.390. The highest BCUT2D eigenvalue weighted by Gasteiger charge is 2.22. The number of hydrogen-bond acceptors (Lipinski definition) is 4. The third-order valence-corrected chi connectivity index (χ3v) is 3.86. The number of ether oxygens (including phenoxy) is 2. The van der Waals surface area contributed by atoms with Gasteiger partial charge >= 0.3 is 0 Å². The Morgan fingerprint density at radius 3 is 2.74 bits per heavy atom. The van der Waals surface area contributed by atoms with Gasteiger partial charge in [0.15, 0.2) is 0 Å². The van der Waals surface area contributed by atoms with Crippen LogP contribution in [0.15, 0.2) is 18.2 Å². The number of nitrogens with two attached hydrogens (primary N) is 1. The Morgan fingerprint density at radius 2 is 2.11 bits per heavy atom. The lowest BCUT2D eigenvalue weighted by Gasteiger charge is -2.17. The molecule has 2 rings (SSSR count). The van der Waals surface area contributed by atoms with Crippen molar-refractivity contribution >= 4 is 0 Å². The van der Waals surface area contributed by atoms with Crippen molar-refractivity contribution in [3.05, 3.63) is 23.8 Å². The highest BCUT2D eigenvalue weighted by atomic mass is 16.5. The van der Waals surface area contributed by atoms with Crippen molar-refractivity contribution in [1.29, 1.82) is 0 Å². The first-order valence-electron chi connectivity index (χ1n) is 6.94. The fourth-order valence-electron chi connectivity index (χ4n) is 2.69. The van der Waals surface area contributed by atoms with Crippen LogP contribution in [-0.4, -0.2) is 32.8 Å². The Hall–Kier alpha value is -1.26. The summed E-state index contributed by atoms with van der Waals surface area (Å²) < 4.78 is 10.6. The van der Waals surface area contributed by atoms with Crippen LogP contribution in [0.25, 0.3) is 0 Å². The van der Waals surface area contributed by atoms with E-state index in [0.29, 0.717) is 12.1 Å². The summed E-state index contributed by atoms with van der Waals surface area (Å²) in [5.41, 5.74) is 7.25. The molecule has 1 aliphatic carbocycles. The van der Waals surface area contributed by atoms with Crippen LogP contribution < -0.4 is 20.5 Å². The van der Waals surface area contributed by atoms with Crippen LogP contribution in [0.3, 0.4) is 0 Å². The van der Waals surface area contributed by atoms with Crippen LogP contribution in [0, 0.1) is 0 Å². The van der Waals surface area contributed by atoms with E-state index in [4.69, 9.17) is 15.2 Å². The summed E-state index contributed by atoms with van der Waals surface area (Å²) in [6.07, 6.45) is 4.52. The zero-order valence-corrected chi connectivity index (χ0v) is 11.8. The van der Waals surface area contributed by atoms with E-state index in [0.717, 1.165) is 30.9 Å². The molecule has 1 fully saturated rings. The summed E-state index contributed by atoms with van der Waals surface area (Å²) in [6, 6.07) is 6.76. The molecular weight excluding hydrogens is 240 g/mol. The number of benzene rings is 1. The summed E-state index contributed by atoms with van der Waals surface area (Å²) in [5.74, 6) is 1.71. The van der Waals surface area contributed by atoms with E-state index in [1.54, 1.807) is 14.2 Å². The lowest BCUT2D eigenvalue weighted by Crippen LogP contribution is -2.41.